The number of pyridine rings is 1. The minimum absolute atomic E-state index is 0.0723. The fourth-order valence-corrected chi connectivity index (χ4v) is 1.95. The molecule has 2 rings (SSSR count). The number of halogens is 1. The molecule has 1 aromatic heterocycles. The highest BCUT2D eigenvalue weighted by Crippen LogP contribution is 2.27. The number of amides is 1. The van der Waals surface area contributed by atoms with E-state index in [0.717, 1.165) is 0 Å². The highest BCUT2D eigenvalue weighted by Gasteiger charge is 2.13. The van der Waals surface area contributed by atoms with Crippen LogP contribution in [0.15, 0.2) is 40.9 Å². The van der Waals surface area contributed by atoms with Crippen LogP contribution in [0.3, 0.4) is 0 Å². The summed E-state index contributed by atoms with van der Waals surface area (Å²) in [6, 6.07) is 8.74. The van der Waals surface area contributed by atoms with Gasteiger partial charge in [-0.25, -0.2) is 4.98 Å². The van der Waals surface area contributed by atoms with Crippen molar-refractivity contribution in [1.82, 2.24) is 4.98 Å². The van der Waals surface area contributed by atoms with E-state index in [1.165, 1.54) is 24.3 Å². The molecule has 0 saturated carbocycles. The Morgan fingerprint density at radius 1 is 1.35 bits per heavy atom. The molecule has 102 valence electrons. The molecule has 0 aliphatic carbocycles. The number of nitrogens with one attached hydrogen (secondary N) is 1. The second kappa shape index (κ2) is 5.66. The van der Waals surface area contributed by atoms with Crippen LogP contribution in [-0.4, -0.2) is 15.8 Å². The molecule has 0 saturated heterocycles. The standard InChI is InChI=1S/C12H9BrN4O3/c13-8-6-7(17(19)20)4-5-9(8)16-12(18)10-2-1-3-11(14)15-10/h1-6H,(H2,14,15)(H,16,18). The number of nitrogens with zero attached hydrogens (tertiary/aromatic N) is 2. The summed E-state index contributed by atoms with van der Waals surface area (Å²) in [6.07, 6.45) is 0. The molecule has 20 heavy (non-hydrogen) atoms. The van der Waals surface area contributed by atoms with Crippen LogP contribution in [-0.2, 0) is 0 Å². The van der Waals surface area contributed by atoms with Crippen molar-refractivity contribution in [2.24, 2.45) is 0 Å². The molecule has 2 aromatic rings. The molecule has 1 amide bonds. The van der Waals surface area contributed by atoms with Crippen LogP contribution in [0.2, 0.25) is 0 Å². The lowest BCUT2D eigenvalue weighted by atomic mass is 10.2. The second-order valence-electron chi connectivity index (χ2n) is 3.82. The minimum atomic E-state index is -0.518. The van der Waals surface area contributed by atoms with Gasteiger partial charge in [-0.3, -0.25) is 14.9 Å². The number of carbonyl (C=O) groups is 1. The van der Waals surface area contributed by atoms with Crippen molar-refractivity contribution in [3.8, 4) is 0 Å². The van der Waals surface area contributed by atoms with Crippen LogP contribution in [0, 0.1) is 10.1 Å². The number of rotatable bonds is 3. The third kappa shape index (κ3) is 3.09. The number of anilines is 2. The largest absolute Gasteiger partial charge is 0.384 e. The van der Waals surface area contributed by atoms with Gasteiger partial charge in [0.1, 0.15) is 11.5 Å². The molecule has 1 heterocycles. The van der Waals surface area contributed by atoms with Gasteiger partial charge in [0.25, 0.3) is 11.6 Å². The molecule has 0 radical (unpaired) electrons. The first-order valence-electron chi connectivity index (χ1n) is 5.45. The number of nitrogens with two attached hydrogens (primary N) is 1. The van der Waals surface area contributed by atoms with Gasteiger partial charge in [0.15, 0.2) is 0 Å². The molecule has 0 atom stereocenters. The zero-order chi connectivity index (χ0) is 14.7. The Labute approximate surface area is 122 Å². The van der Waals surface area contributed by atoms with E-state index in [2.05, 4.69) is 26.2 Å². The number of aromatic nitrogens is 1. The van der Waals surface area contributed by atoms with Gasteiger partial charge in [-0.05, 0) is 34.1 Å². The molecule has 0 bridgehead atoms. The van der Waals surface area contributed by atoms with Crippen LogP contribution in [0.25, 0.3) is 0 Å². The summed E-state index contributed by atoms with van der Waals surface area (Å²) in [6.45, 7) is 0. The molecule has 0 spiro atoms. The molecule has 0 aliphatic rings. The summed E-state index contributed by atoms with van der Waals surface area (Å²) >= 11 is 3.17. The van der Waals surface area contributed by atoms with Gasteiger partial charge in [-0.15, -0.1) is 0 Å². The van der Waals surface area contributed by atoms with E-state index >= 15 is 0 Å². The monoisotopic (exact) mass is 336 g/mol. The van der Waals surface area contributed by atoms with Crippen LogP contribution < -0.4 is 11.1 Å². The fraction of sp³-hybridized carbons (Fsp3) is 0. The van der Waals surface area contributed by atoms with Crippen molar-refractivity contribution in [2.45, 2.75) is 0 Å². The Balaban J connectivity index is 2.22. The molecular weight excluding hydrogens is 328 g/mol. The van der Waals surface area contributed by atoms with Gasteiger partial charge < -0.3 is 11.1 Å². The predicted molar refractivity (Wildman–Crippen MR) is 77.4 cm³/mol. The first-order valence-corrected chi connectivity index (χ1v) is 6.24. The highest BCUT2D eigenvalue weighted by molar-refractivity contribution is 9.10. The number of nitrogen functional groups attached to an aromatic ring is 1. The average Bonchev–Trinajstić information content (AvgIpc) is 2.40. The summed E-state index contributed by atoms with van der Waals surface area (Å²) in [5.74, 6) is -0.215. The van der Waals surface area contributed by atoms with Gasteiger partial charge in [0.05, 0.1) is 10.6 Å². The maximum Gasteiger partial charge on any atom is 0.274 e. The SMILES string of the molecule is Nc1cccc(C(=O)Nc2ccc([N+](=O)[O-])cc2Br)n1. The van der Waals surface area contributed by atoms with Crippen molar-refractivity contribution < 1.29 is 9.72 Å². The molecule has 0 fully saturated rings. The minimum Gasteiger partial charge on any atom is -0.384 e. The van der Waals surface area contributed by atoms with Crippen molar-refractivity contribution in [3.63, 3.8) is 0 Å². The Kier molecular flexibility index (Phi) is 3.94. The topological polar surface area (TPSA) is 111 Å². The van der Waals surface area contributed by atoms with Gasteiger partial charge in [0, 0.05) is 16.6 Å². The molecule has 8 heteroatoms. The van der Waals surface area contributed by atoms with E-state index < -0.39 is 10.8 Å². The van der Waals surface area contributed by atoms with E-state index in [4.69, 9.17) is 5.73 Å². The van der Waals surface area contributed by atoms with Crippen LogP contribution in [0.4, 0.5) is 17.2 Å². The predicted octanol–water partition coefficient (Wildman–Crippen LogP) is 2.59. The lowest BCUT2D eigenvalue weighted by Gasteiger charge is -2.07. The highest BCUT2D eigenvalue weighted by atomic mass is 79.9. The van der Waals surface area contributed by atoms with Crippen molar-refractivity contribution in [2.75, 3.05) is 11.1 Å². The second-order valence-corrected chi connectivity index (χ2v) is 4.68. The number of hydrogen-bond acceptors (Lipinski definition) is 5. The van der Waals surface area contributed by atoms with E-state index in [1.807, 2.05) is 0 Å². The Morgan fingerprint density at radius 3 is 2.70 bits per heavy atom. The van der Waals surface area contributed by atoms with E-state index in [1.54, 1.807) is 12.1 Å². The van der Waals surface area contributed by atoms with Gasteiger partial charge in [-0.1, -0.05) is 6.07 Å². The molecule has 1 aromatic carbocycles. The summed E-state index contributed by atoms with van der Waals surface area (Å²) in [5, 5.41) is 13.2. The molecule has 0 aliphatic heterocycles. The summed E-state index contributed by atoms with van der Waals surface area (Å²) < 4.78 is 0.406. The lowest BCUT2D eigenvalue weighted by molar-refractivity contribution is -0.384. The van der Waals surface area contributed by atoms with Crippen molar-refractivity contribution in [1.29, 1.82) is 0 Å². The third-order valence-corrected chi connectivity index (χ3v) is 3.07. The summed E-state index contributed by atoms with van der Waals surface area (Å²) in [5.41, 5.74) is 5.99. The van der Waals surface area contributed by atoms with E-state index in [9.17, 15) is 14.9 Å². The molecular formula is C12H9BrN4O3. The third-order valence-electron chi connectivity index (χ3n) is 2.41. The fourth-order valence-electron chi connectivity index (χ4n) is 1.48. The Morgan fingerprint density at radius 2 is 2.10 bits per heavy atom. The van der Waals surface area contributed by atoms with Crippen molar-refractivity contribution >= 4 is 39.0 Å². The molecule has 3 N–H and O–H groups in total. The first kappa shape index (κ1) is 13.9. The number of nitro benzene ring substituents is 1. The van der Waals surface area contributed by atoms with Crippen LogP contribution in [0.5, 0.6) is 0 Å². The number of hydrogen-bond donors (Lipinski definition) is 2. The molecule has 7 nitrogen and oxygen atoms in total. The zero-order valence-electron chi connectivity index (χ0n) is 10.0. The lowest BCUT2D eigenvalue weighted by Crippen LogP contribution is -2.14. The van der Waals surface area contributed by atoms with E-state index in [0.29, 0.717) is 10.2 Å². The number of non-ortho nitro benzene ring substituents is 1. The smallest absolute Gasteiger partial charge is 0.274 e. The normalized spacial score (nSPS) is 10.1. The quantitative estimate of drug-likeness (QED) is 0.660. The number of carbonyl (C=O) groups excluding carboxylic acids is 1. The number of nitro groups is 1. The first-order chi connectivity index (χ1) is 9.47. The Bertz CT molecular complexity index is 690. The van der Waals surface area contributed by atoms with Crippen molar-refractivity contribution in [3.05, 3.63) is 56.7 Å². The van der Waals surface area contributed by atoms with Gasteiger partial charge >= 0.3 is 0 Å². The van der Waals surface area contributed by atoms with Crippen LogP contribution in [0.1, 0.15) is 10.5 Å². The Hall–Kier alpha value is -2.48. The summed E-state index contributed by atoms with van der Waals surface area (Å²) in [7, 11) is 0. The average molecular weight is 337 g/mol. The molecule has 0 unspecified atom stereocenters. The van der Waals surface area contributed by atoms with Crippen LogP contribution >= 0.6 is 15.9 Å². The number of benzene rings is 1. The van der Waals surface area contributed by atoms with E-state index in [-0.39, 0.29) is 17.2 Å². The summed E-state index contributed by atoms with van der Waals surface area (Å²) in [4.78, 5) is 25.9. The van der Waals surface area contributed by atoms with Gasteiger partial charge in [-0.2, -0.15) is 0 Å². The zero-order valence-corrected chi connectivity index (χ0v) is 11.6. The maximum absolute atomic E-state index is 12.0. The van der Waals surface area contributed by atoms with Gasteiger partial charge in [0.2, 0.25) is 0 Å². The maximum atomic E-state index is 12.0.